The van der Waals surface area contributed by atoms with Gasteiger partial charge in [-0.15, -0.1) is 11.3 Å². The summed E-state index contributed by atoms with van der Waals surface area (Å²) in [6.07, 6.45) is 0. The second kappa shape index (κ2) is 5.29. The summed E-state index contributed by atoms with van der Waals surface area (Å²) in [4.78, 5) is 2.72. The maximum Gasteiger partial charge on any atom is 0.0666 e. The third-order valence-electron chi connectivity index (χ3n) is 2.50. The Labute approximate surface area is 95.9 Å². The summed E-state index contributed by atoms with van der Waals surface area (Å²) in [5.41, 5.74) is 1.36. The molecule has 0 aliphatic carbocycles. The van der Waals surface area contributed by atoms with Gasteiger partial charge in [-0.1, -0.05) is 0 Å². The van der Waals surface area contributed by atoms with E-state index < -0.39 is 0 Å². The van der Waals surface area contributed by atoms with Crippen LogP contribution in [0.5, 0.6) is 0 Å². The van der Waals surface area contributed by atoms with Gasteiger partial charge in [0.25, 0.3) is 0 Å². The van der Waals surface area contributed by atoms with Crippen LogP contribution in [-0.4, -0.2) is 6.54 Å². The fourth-order valence-electron chi connectivity index (χ4n) is 1.59. The zero-order chi connectivity index (χ0) is 11.4. The zero-order valence-electron chi connectivity index (χ0n) is 9.79. The normalized spacial score (nSPS) is 14.6. The highest BCUT2D eigenvalue weighted by atomic mass is 32.1. The molecule has 0 radical (unpaired) electrons. The molecule has 0 spiro atoms. The van der Waals surface area contributed by atoms with Crippen molar-refractivity contribution in [3.05, 3.63) is 21.4 Å². The van der Waals surface area contributed by atoms with E-state index >= 15 is 0 Å². The molecular formula is C12H18N2S. The van der Waals surface area contributed by atoms with Gasteiger partial charge < -0.3 is 5.32 Å². The van der Waals surface area contributed by atoms with Crippen LogP contribution >= 0.6 is 11.3 Å². The Morgan fingerprint density at radius 1 is 1.47 bits per heavy atom. The van der Waals surface area contributed by atoms with Crippen LogP contribution < -0.4 is 5.32 Å². The number of rotatable bonds is 4. The Bertz CT molecular complexity index is 362. The average Bonchev–Trinajstić information content (AvgIpc) is 2.53. The van der Waals surface area contributed by atoms with Gasteiger partial charge >= 0.3 is 0 Å². The van der Waals surface area contributed by atoms with Crippen LogP contribution in [0.3, 0.4) is 0 Å². The largest absolute Gasteiger partial charge is 0.309 e. The minimum atomic E-state index is 0.0764. The van der Waals surface area contributed by atoms with Gasteiger partial charge in [-0.05, 0) is 39.3 Å². The monoisotopic (exact) mass is 222 g/mol. The summed E-state index contributed by atoms with van der Waals surface area (Å²) in [5.74, 6) is 0.0764. The zero-order valence-corrected chi connectivity index (χ0v) is 10.6. The van der Waals surface area contributed by atoms with Crippen LogP contribution in [0.1, 0.15) is 35.2 Å². The van der Waals surface area contributed by atoms with Crippen molar-refractivity contribution < 1.29 is 0 Å². The smallest absolute Gasteiger partial charge is 0.0666 e. The molecule has 1 N–H and O–H groups in total. The molecule has 0 amide bonds. The lowest BCUT2D eigenvalue weighted by atomic mass is 10.1. The van der Waals surface area contributed by atoms with Gasteiger partial charge in [0.1, 0.15) is 0 Å². The molecular weight excluding hydrogens is 204 g/mol. The van der Waals surface area contributed by atoms with E-state index in [1.165, 1.54) is 15.3 Å². The molecule has 0 saturated carbocycles. The van der Waals surface area contributed by atoms with E-state index in [9.17, 15) is 0 Å². The van der Waals surface area contributed by atoms with E-state index in [0.717, 1.165) is 6.54 Å². The molecule has 0 aromatic carbocycles. The molecule has 0 saturated heterocycles. The molecule has 3 heteroatoms. The predicted octanol–water partition coefficient (Wildman–Crippen LogP) is 3.18. The highest BCUT2D eigenvalue weighted by Crippen LogP contribution is 2.26. The topological polar surface area (TPSA) is 35.8 Å². The van der Waals surface area contributed by atoms with Gasteiger partial charge in [0.15, 0.2) is 0 Å². The van der Waals surface area contributed by atoms with E-state index in [1.807, 2.05) is 18.3 Å². The van der Waals surface area contributed by atoms with Crippen LogP contribution in [0.4, 0.5) is 0 Å². The number of hydrogen-bond donors (Lipinski definition) is 1. The lowest BCUT2D eigenvalue weighted by molar-refractivity contribution is 0.527. The molecule has 15 heavy (non-hydrogen) atoms. The number of nitrogens with one attached hydrogen (secondary N) is 1. The second-order valence-electron chi connectivity index (χ2n) is 4.03. The van der Waals surface area contributed by atoms with Gasteiger partial charge in [-0.2, -0.15) is 5.26 Å². The Balaban J connectivity index is 2.58. The molecule has 1 rings (SSSR count). The van der Waals surface area contributed by atoms with Crippen LogP contribution in [-0.2, 0) is 0 Å². The molecule has 1 heterocycles. The summed E-state index contributed by atoms with van der Waals surface area (Å²) in [6, 6.07) is 4.80. The highest BCUT2D eigenvalue weighted by Gasteiger charge is 2.11. The van der Waals surface area contributed by atoms with Crippen molar-refractivity contribution in [2.24, 2.45) is 5.92 Å². The summed E-state index contributed by atoms with van der Waals surface area (Å²) < 4.78 is 0. The maximum absolute atomic E-state index is 8.69. The number of hydrogen-bond acceptors (Lipinski definition) is 3. The first-order chi connectivity index (χ1) is 7.04. The Morgan fingerprint density at radius 2 is 2.13 bits per heavy atom. The third kappa shape index (κ3) is 3.33. The predicted molar refractivity (Wildman–Crippen MR) is 65.0 cm³/mol. The SMILES string of the molecule is Cc1cc(C(C)NCC(C)C#N)c(C)s1. The Kier molecular flexibility index (Phi) is 4.31. The van der Waals surface area contributed by atoms with Crippen molar-refractivity contribution >= 4 is 11.3 Å². The quantitative estimate of drug-likeness (QED) is 0.849. The minimum absolute atomic E-state index is 0.0764. The molecule has 0 aliphatic heterocycles. The highest BCUT2D eigenvalue weighted by molar-refractivity contribution is 7.12. The third-order valence-corrected chi connectivity index (χ3v) is 3.48. The van der Waals surface area contributed by atoms with Crippen LogP contribution in [0.15, 0.2) is 6.07 Å². The summed E-state index contributed by atoms with van der Waals surface area (Å²) in [6.45, 7) is 9.13. The van der Waals surface area contributed by atoms with E-state index in [2.05, 4.69) is 38.2 Å². The molecule has 2 nitrogen and oxygen atoms in total. The number of nitrogens with zero attached hydrogens (tertiary/aromatic N) is 1. The van der Waals surface area contributed by atoms with Crippen molar-refractivity contribution in [2.75, 3.05) is 6.54 Å². The van der Waals surface area contributed by atoms with Gasteiger partial charge in [0.05, 0.1) is 12.0 Å². The lowest BCUT2D eigenvalue weighted by Gasteiger charge is -2.14. The van der Waals surface area contributed by atoms with E-state index in [1.54, 1.807) is 0 Å². The molecule has 1 aromatic rings. The lowest BCUT2D eigenvalue weighted by Crippen LogP contribution is -2.23. The molecule has 0 bridgehead atoms. The molecule has 0 fully saturated rings. The van der Waals surface area contributed by atoms with Crippen LogP contribution in [0, 0.1) is 31.1 Å². The average molecular weight is 222 g/mol. The van der Waals surface area contributed by atoms with Crippen molar-refractivity contribution in [1.29, 1.82) is 5.26 Å². The minimum Gasteiger partial charge on any atom is -0.309 e. The van der Waals surface area contributed by atoms with Crippen LogP contribution in [0.2, 0.25) is 0 Å². The van der Waals surface area contributed by atoms with E-state index in [0.29, 0.717) is 6.04 Å². The van der Waals surface area contributed by atoms with E-state index in [-0.39, 0.29) is 5.92 Å². The molecule has 2 atom stereocenters. The maximum atomic E-state index is 8.69. The number of thiophene rings is 1. The van der Waals surface area contributed by atoms with Crippen molar-refractivity contribution in [3.8, 4) is 6.07 Å². The van der Waals surface area contributed by atoms with Gasteiger partial charge in [-0.25, -0.2) is 0 Å². The Hall–Kier alpha value is -0.850. The van der Waals surface area contributed by atoms with Crippen LogP contribution in [0.25, 0.3) is 0 Å². The van der Waals surface area contributed by atoms with E-state index in [4.69, 9.17) is 5.26 Å². The van der Waals surface area contributed by atoms with Crippen molar-refractivity contribution in [1.82, 2.24) is 5.32 Å². The Morgan fingerprint density at radius 3 is 2.60 bits per heavy atom. The fourth-order valence-corrected chi connectivity index (χ4v) is 2.61. The molecule has 2 unspecified atom stereocenters. The van der Waals surface area contributed by atoms with Gasteiger partial charge in [0.2, 0.25) is 0 Å². The first kappa shape index (κ1) is 12.2. The summed E-state index contributed by atoms with van der Waals surface area (Å²) >= 11 is 1.83. The summed E-state index contributed by atoms with van der Waals surface area (Å²) in [5, 5.41) is 12.1. The molecule has 0 aliphatic rings. The van der Waals surface area contributed by atoms with Crippen molar-refractivity contribution in [2.45, 2.75) is 33.7 Å². The molecule has 1 aromatic heterocycles. The fraction of sp³-hybridized carbons (Fsp3) is 0.583. The van der Waals surface area contributed by atoms with Gasteiger partial charge in [-0.3, -0.25) is 0 Å². The summed E-state index contributed by atoms with van der Waals surface area (Å²) in [7, 11) is 0. The number of nitriles is 1. The standard InChI is InChI=1S/C12H18N2S/c1-8(6-13)7-14-10(3)12-5-9(2)15-11(12)4/h5,8,10,14H,7H2,1-4H3. The number of aryl methyl sites for hydroxylation is 2. The van der Waals surface area contributed by atoms with Crippen molar-refractivity contribution in [3.63, 3.8) is 0 Å². The first-order valence-electron chi connectivity index (χ1n) is 5.24. The van der Waals surface area contributed by atoms with Gasteiger partial charge in [0, 0.05) is 22.3 Å². The first-order valence-corrected chi connectivity index (χ1v) is 6.06. The second-order valence-corrected chi connectivity index (χ2v) is 5.49. The molecule has 82 valence electrons.